The van der Waals surface area contributed by atoms with E-state index in [1.165, 1.54) is 30.1 Å². The summed E-state index contributed by atoms with van der Waals surface area (Å²) in [6.07, 6.45) is 1.47. The molecule has 0 bridgehead atoms. The Morgan fingerprint density at radius 1 is 1.29 bits per heavy atom. The average Bonchev–Trinajstić information content (AvgIpc) is 2.91. The number of benzene rings is 2. The molecule has 0 saturated carbocycles. The largest absolute Gasteiger partial charge is 0.322 e. The second-order valence-electron chi connectivity index (χ2n) is 5.08. The van der Waals surface area contributed by atoms with Gasteiger partial charge in [-0.05, 0) is 29.8 Å². The zero-order chi connectivity index (χ0) is 16.9. The van der Waals surface area contributed by atoms with Gasteiger partial charge in [0.25, 0.3) is 5.91 Å². The highest BCUT2D eigenvalue weighted by Gasteiger charge is 2.09. The summed E-state index contributed by atoms with van der Waals surface area (Å²) in [5.41, 5.74) is 5.08. The fourth-order valence-corrected chi connectivity index (χ4v) is 2.92. The number of para-hydroxylation sites is 2. The van der Waals surface area contributed by atoms with Gasteiger partial charge in [-0.1, -0.05) is 36.0 Å². The van der Waals surface area contributed by atoms with E-state index >= 15 is 0 Å². The van der Waals surface area contributed by atoms with E-state index in [0.717, 1.165) is 16.2 Å². The third kappa shape index (κ3) is 3.80. The van der Waals surface area contributed by atoms with Crippen molar-refractivity contribution in [2.75, 3.05) is 5.75 Å². The molecule has 0 spiro atoms. The van der Waals surface area contributed by atoms with Gasteiger partial charge in [0.15, 0.2) is 5.16 Å². The van der Waals surface area contributed by atoms with Crippen LogP contribution in [0.2, 0.25) is 0 Å². The molecule has 122 valence electrons. The summed E-state index contributed by atoms with van der Waals surface area (Å²) < 4.78 is 14.7. The standard InChI is InChI=1S/C17H15FN4OS/c1-22-15-5-3-2-4-14(15)20-17(22)24-11-16(23)21-19-10-12-6-8-13(18)9-7-12/h2-10H,11H2,1H3,(H,21,23)/b19-10+. The van der Waals surface area contributed by atoms with E-state index in [1.807, 2.05) is 35.9 Å². The lowest BCUT2D eigenvalue weighted by molar-refractivity contribution is -0.118. The lowest BCUT2D eigenvalue weighted by Gasteiger charge is -2.01. The maximum atomic E-state index is 12.8. The molecule has 0 aliphatic rings. The van der Waals surface area contributed by atoms with Gasteiger partial charge in [-0.2, -0.15) is 5.10 Å². The molecule has 3 rings (SSSR count). The molecule has 5 nitrogen and oxygen atoms in total. The van der Waals surface area contributed by atoms with E-state index in [4.69, 9.17) is 0 Å². The number of hydrogen-bond acceptors (Lipinski definition) is 4. The molecule has 0 radical (unpaired) electrons. The summed E-state index contributed by atoms with van der Waals surface area (Å²) in [4.78, 5) is 16.3. The van der Waals surface area contributed by atoms with Gasteiger partial charge in [0.2, 0.25) is 0 Å². The van der Waals surface area contributed by atoms with Crippen molar-refractivity contribution in [3.05, 3.63) is 59.9 Å². The molecular formula is C17H15FN4OS. The third-order valence-electron chi connectivity index (χ3n) is 3.35. The number of fused-ring (bicyclic) bond motifs is 1. The summed E-state index contributed by atoms with van der Waals surface area (Å²) >= 11 is 1.35. The second kappa shape index (κ2) is 7.27. The topological polar surface area (TPSA) is 59.3 Å². The number of nitrogens with zero attached hydrogens (tertiary/aromatic N) is 3. The molecule has 1 N–H and O–H groups in total. The summed E-state index contributed by atoms with van der Waals surface area (Å²) in [6.45, 7) is 0. The van der Waals surface area contributed by atoms with E-state index < -0.39 is 0 Å². The molecule has 0 aliphatic carbocycles. The smallest absolute Gasteiger partial charge is 0.250 e. The number of hydrazone groups is 1. The minimum absolute atomic E-state index is 0.206. The molecule has 0 aliphatic heterocycles. The first-order valence-corrected chi connectivity index (χ1v) is 8.24. The van der Waals surface area contributed by atoms with Crippen molar-refractivity contribution < 1.29 is 9.18 Å². The first kappa shape index (κ1) is 16.2. The number of rotatable bonds is 5. The van der Waals surface area contributed by atoms with Gasteiger partial charge in [-0.3, -0.25) is 4.79 Å². The van der Waals surface area contributed by atoms with Crippen molar-refractivity contribution in [2.24, 2.45) is 12.1 Å². The average molecular weight is 342 g/mol. The number of imidazole rings is 1. The number of aryl methyl sites for hydroxylation is 1. The lowest BCUT2D eigenvalue weighted by atomic mass is 10.2. The van der Waals surface area contributed by atoms with Crippen LogP contribution in [0.1, 0.15) is 5.56 Å². The van der Waals surface area contributed by atoms with E-state index in [9.17, 15) is 9.18 Å². The Balaban J connectivity index is 1.55. The Bertz CT molecular complexity index is 889. The molecule has 0 fully saturated rings. The van der Waals surface area contributed by atoms with Gasteiger partial charge in [-0.25, -0.2) is 14.8 Å². The van der Waals surface area contributed by atoms with Gasteiger partial charge in [0.05, 0.1) is 23.0 Å². The molecule has 1 heterocycles. The van der Waals surface area contributed by atoms with Crippen LogP contribution < -0.4 is 5.43 Å². The van der Waals surface area contributed by atoms with Crippen LogP contribution in [0.5, 0.6) is 0 Å². The summed E-state index contributed by atoms with van der Waals surface area (Å²) in [5, 5.41) is 4.63. The third-order valence-corrected chi connectivity index (χ3v) is 4.38. The molecule has 1 amide bonds. The van der Waals surface area contributed by atoms with Crippen molar-refractivity contribution in [1.29, 1.82) is 0 Å². The fourth-order valence-electron chi connectivity index (χ4n) is 2.14. The zero-order valence-electron chi connectivity index (χ0n) is 12.9. The highest BCUT2D eigenvalue weighted by Crippen LogP contribution is 2.22. The maximum absolute atomic E-state index is 12.8. The minimum Gasteiger partial charge on any atom is -0.322 e. The van der Waals surface area contributed by atoms with Crippen molar-refractivity contribution in [3.63, 3.8) is 0 Å². The predicted molar refractivity (Wildman–Crippen MR) is 93.6 cm³/mol. The molecule has 1 aromatic heterocycles. The number of aromatic nitrogens is 2. The first-order valence-electron chi connectivity index (χ1n) is 7.25. The van der Waals surface area contributed by atoms with Crippen molar-refractivity contribution in [3.8, 4) is 0 Å². The molecule has 0 atom stereocenters. The predicted octanol–water partition coefficient (Wildman–Crippen LogP) is 2.95. The number of hydrogen-bond donors (Lipinski definition) is 1. The number of halogens is 1. The number of nitrogens with one attached hydrogen (secondary N) is 1. The summed E-state index contributed by atoms with van der Waals surface area (Å²) in [6, 6.07) is 13.6. The van der Waals surface area contributed by atoms with E-state index in [-0.39, 0.29) is 17.5 Å². The normalized spacial score (nSPS) is 11.2. The minimum atomic E-state index is -0.310. The SMILES string of the molecule is Cn1c(SCC(=O)N/N=C/c2ccc(F)cc2)nc2ccccc21. The maximum Gasteiger partial charge on any atom is 0.250 e. The van der Waals surface area contributed by atoms with E-state index in [1.54, 1.807) is 12.1 Å². The van der Waals surface area contributed by atoms with Crippen molar-refractivity contribution in [1.82, 2.24) is 15.0 Å². The van der Waals surface area contributed by atoms with Crippen molar-refractivity contribution >= 4 is 34.9 Å². The molecule has 2 aromatic carbocycles. The molecule has 3 aromatic rings. The molecule has 0 saturated heterocycles. The van der Waals surface area contributed by atoms with Gasteiger partial charge < -0.3 is 4.57 Å². The Hall–Kier alpha value is -2.67. The van der Waals surface area contributed by atoms with Crippen LogP contribution in [0.4, 0.5) is 4.39 Å². The van der Waals surface area contributed by atoms with Crippen LogP contribution >= 0.6 is 11.8 Å². The number of carbonyl (C=O) groups excluding carboxylic acids is 1. The summed E-state index contributed by atoms with van der Waals surface area (Å²) in [5.74, 6) is -0.335. The Morgan fingerprint density at radius 3 is 2.79 bits per heavy atom. The first-order chi connectivity index (χ1) is 11.6. The number of amides is 1. The molecule has 7 heteroatoms. The van der Waals surface area contributed by atoms with Gasteiger partial charge in [0, 0.05) is 7.05 Å². The zero-order valence-corrected chi connectivity index (χ0v) is 13.8. The van der Waals surface area contributed by atoms with Crippen LogP contribution in [-0.4, -0.2) is 27.4 Å². The second-order valence-corrected chi connectivity index (χ2v) is 6.02. The Morgan fingerprint density at radius 2 is 2.04 bits per heavy atom. The van der Waals surface area contributed by atoms with Crippen LogP contribution in [-0.2, 0) is 11.8 Å². The Labute approximate surface area is 142 Å². The number of carbonyl (C=O) groups is 1. The lowest BCUT2D eigenvalue weighted by Crippen LogP contribution is -2.19. The van der Waals surface area contributed by atoms with Gasteiger partial charge in [-0.15, -0.1) is 0 Å². The highest BCUT2D eigenvalue weighted by atomic mass is 32.2. The van der Waals surface area contributed by atoms with Crippen LogP contribution in [0.25, 0.3) is 11.0 Å². The summed E-state index contributed by atoms with van der Waals surface area (Å²) in [7, 11) is 1.92. The van der Waals surface area contributed by atoms with Gasteiger partial charge >= 0.3 is 0 Å². The van der Waals surface area contributed by atoms with Crippen LogP contribution in [0.15, 0.2) is 58.8 Å². The van der Waals surface area contributed by atoms with Crippen molar-refractivity contribution in [2.45, 2.75) is 5.16 Å². The fraction of sp³-hybridized carbons (Fsp3) is 0.118. The molecule has 0 unspecified atom stereocenters. The van der Waals surface area contributed by atoms with Gasteiger partial charge in [0.1, 0.15) is 5.82 Å². The quantitative estimate of drug-likeness (QED) is 0.441. The number of thioether (sulfide) groups is 1. The van der Waals surface area contributed by atoms with E-state index in [0.29, 0.717) is 5.56 Å². The Kier molecular flexibility index (Phi) is 4.90. The van der Waals surface area contributed by atoms with Crippen LogP contribution in [0.3, 0.4) is 0 Å². The highest BCUT2D eigenvalue weighted by molar-refractivity contribution is 7.99. The molecular weight excluding hydrogens is 327 g/mol. The van der Waals surface area contributed by atoms with Crippen LogP contribution in [0, 0.1) is 5.82 Å². The molecule has 24 heavy (non-hydrogen) atoms. The van der Waals surface area contributed by atoms with E-state index in [2.05, 4.69) is 15.5 Å². The monoisotopic (exact) mass is 342 g/mol.